The van der Waals surface area contributed by atoms with Crippen LogP contribution in [0.2, 0.25) is 0 Å². The van der Waals surface area contributed by atoms with E-state index in [0.717, 1.165) is 92.9 Å². The molecule has 0 saturated carbocycles. The van der Waals surface area contributed by atoms with E-state index in [4.69, 9.17) is 23.8 Å². The van der Waals surface area contributed by atoms with Gasteiger partial charge in [0.15, 0.2) is 17.5 Å². The van der Waals surface area contributed by atoms with Gasteiger partial charge in [-0.1, -0.05) is 164 Å². The summed E-state index contributed by atoms with van der Waals surface area (Å²) in [6, 6.07) is 60.7. The van der Waals surface area contributed by atoms with E-state index in [1.54, 1.807) is 11.3 Å². The Kier molecular flexibility index (Phi) is 7.03. The van der Waals surface area contributed by atoms with Gasteiger partial charge in [0.05, 0.1) is 0 Å². The fraction of sp³-hybridized carbons (Fsp3) is 0. The molecule has 5 nitrogen and oxygen atoms in total. The molecule has 0 radical (unpaired) electrons. The Morgan fingerprint density at radius 1 is 0.298 bits per heavy atom. The van der Waals surface area contributed by atoms with Crippen LogP contribution in [0.4, 0.5) is 0 Å². The van der Waals surface area contributed by atoms with Crippen LogP contribution < -0.4 is 0 Å². The van der Waals surface area contributed by atoms with E-state index >= 15 is 0 Å². The fourth-order valence-corrected chi connectivity index (χ4v) is 9.68. The highest BCUT2D eigenvalue weighted by Crippen LogP contribution is 2.47. The normalized spacial score (nSPS) is 11.9. The predicted octanol–water partition coefficient (Wildman–Crippen LogP) is 14.4. The summed E-state index contributed by atoms with van der Waals surface area (Å²) in [5.41, 5.74) is 10.5. The summed E-state index contributed by atoms with van der Waals surface area (Å²) in [6.07, 6.45) is 0. The van der Waals surface area contributed by atoms with E-state index < -0.39 is 0 Å². The Labute approximate surface area is 330 Å². The number of aromatic nitrogens is 3. The van der Waals surface area contributed by atoms with Crippen LogP contribution in [0.1, 0.15) is 0 Å². The molecule has 0 atom stereocenters. The first-order valence-electron chi connectivity index (χ1n) is 18.9. The average molecular weight is 748 g/mol. The molecule has 57 heavy (non-hydrogen) atoms. The van der Waals surface area contributed by atoms with Crippen LogP contribution in [-0.4, -0.2) is 15.0 Å². The van der Waals surface area contributed by atoms with Crippen LogP contribution in [0.25, 0.3) is 120 Å². The van der Waals surface area contributed by atoms with Crippen molar-refractivity contribution in [1.82, 2.24) is 15.0 Å². The molecule has 4 aromatic heterocycles. The van der Waals surface area contributed by atoms with Gasteiger partial charge in [0.2, 0.25) is 0 Å². The zero-order chi connectivity index (χ0) is 37.5. The minimum absolute atomic E-state index is 0.644. The van der Waals surface area contributed by atoms with Crippen molar-refractivity contribution in [3.8, 4) is 56.4 Å². The van der Waals surface area contributed by atoms with Crippen LogP contribution >= 0.6 is 11.3 Å². The van der Waals surface area contributed by atoms with Crippen LogP contribution in [-0.2, 0) is 0 Å². The summed E-state index contributed by atoms with van der Waals surface area (Å²) in [6.45, 7) is 0. The van der Waals surface area contributed by atoms with Gasteiger partial charge in [-0.3, -0.25) is 0 Å². The lowest BCUT2D eigenvalue weighted by atomic mass is 9.98. The van der Waals surface area contributed by atoms with E-state index in [-0.39, 0.29) is 0 Å². The maximum atomic E-state index is 7.01. The Hall–Kier alpha value is -7.41. The molecule has 0 aliphatic rings. The molecule has 12 aromatic rings. The number of hydrogen-bond donors (Lipinski definition) is 0. The smallest absolute Gasteiger partial charge is 0.165 e. The molecule has 0 bridgehead atoms. The third kappa shape index (κ3) is 4.98. The molecule has 0 unspecified atom stereocenters. The van der Waals surface area contributed by atoms with Gasteiger partial charge in [0.25, 0.3) is 0 Å². The first kappa shape index (κ1) is 31.9. The van der Waals surface area contributed by atoms with Gasteiger partial charge in [-0.25, -0.2) is 15.0 Å². The van der Waals surface area contributed by atoms with Crippen molar-refractivity contribution in [2.75, 3.05) is 0 Å². The number of rotatable bonds is 5. The molecule has 0 N–H and O–H groups in total. The summed E-state index contributed by atoms with van der Waals surface area (Å²) in [5.74, 6) is 1.93. The highest BCUT2D eigenvalue weighted by atomic mass is 32.1. The minimum Gasteiger partial charge on any atom is -0.455 e. The standard InChI is InChI=1S/C51H29N3O2S/c1-3-14-30(15-4-1)49-52-50(31-16-5-2-6-17-31)54-51(53-49)42-28-13-27-41-40-26-12-25-39(47(40)57-48(41)42)38-24-11-23-37-36-22-10-21-35(45(36)56-46(37)38)34-20-9-19-33-32-18-7-8-29-43(32)55-44(33)34/h1-29H. The molecule has 8 aromatic carbocycles. The molecule has 0 spiro atoms. The summed E-state index contributed by atoms with van der Waals surface area (Å²) >= 11 is 1.77. The topological polar surface area (TPSA) is 65.0 Å². The van der Waals surface area contributed by atoms with Crippen LogP contribution in [0.5, 0.6) is 0 Å². The van der Waals surface area contributed by atoms with E-state index in [1.807, 2.05) is 72.8 Å². The largest absolute Gasteiger partial charge is 0.455 e. The van der Waals surface area contributed by atoms with Crippen LogP contribution in [0.15, 0.2) is 185 Å². The quantitative estimate of drug-likeness (QED) is 0.175. The Bertz CT molecular complexity index is 3470. The number of furan rings is 2. The third-order valence-corrected chi connectivity index (χ3v) is 12.3. The molecular weight excluding hydrogens is 719 g/mol. The Morgan fingerprint density at radius 3 is 1.30 bits per heavy atom. The molecule has 266 valence electrons. The predicted molar refractivity (Wildman–Crippen MR) is 234 cm³/mol. The number of para-hydroxylation sites is 4. The number of nitrogens with zero attached hydrogens (tertiary/aromatic N) is 3. The highest BCUT2D eigenvalue weighted by molar-refractivity contribution is 7.26. The van der Waals surface area contributed by atoms with Gasteiger partial charge in [0, 0.05) is 80.7 Å². The fourth-order valence-electron chi connectivity index (χ4n) is 8.34. The van der Waals surface area contributed by atoms with Crippen molar-refractivity contribution < 1.29 is 8.83 Å². The minimum atomic E-state index is 0.644. The molecule has 4 heterocycles. The number of fused-ring (bicyclic) bond motifs is 9. The van der Waals surface area contributed by atoms with E-state index in [2.05, 4.69) is 103 Å². The summed E-state index contributed by atoms with van der Waals surface area (Å²) in [7, 11) is 0. The van der Waals surface area contributed by atoms with Gasteiger partial charge in [-0.2, -0.15) is 0 Å². The van der Waals surface area contributed by atoms with Crippen LogP contribution in [0, 0.1) is 0 Å². The first-order chi connectivity index (χ1) is 28.3. The van der Waals surface area contributed by atoms with Crippen molar-refractivity contribution in [2.45, 2.75) is 0 Å². The van der Waals surface area contributed by atoms with E-state index in [0.29, 0.717) is 17.5 Å². The lowest BCUT2D eigenvalue weighted by Crippen LogP contribution is -2.00. The molecule has 0 amide bonds. The summed E-state index contributed by atoms with van der Waals surface area (Å²) in [5, 5.41) is 6.69. The molecule has 6 heteroatoms. The Morgan fingerprint density at radius 2 is 0.702 bits per heavy atom. The maximum Gasteiger partial charge on any atom is 0.165 e. The number of thiophene rings is 1. The van der Waals surface area contributed by atoms with Gasteiger partial charge in [-0.15, -0.1) is 11.3 Å². The van der Waals surface area contributed by atoms with Crippen molar-refractivity contribution in [1.29, 1.82) is 0 Å². The van der Waals surface area contributed by atoms with Gasteiger partial charge in [0.1, 0.15) is 22.3 Å². The van der Waals surface area contributed by atoms with Gasteiger partial charge >= 0.3 is 0 Å². The Balaban J connectivity index is 1.05. The molecule has 0 aliphatic carbocycles. The zero-order valence-electron chi connectivity index (χ0n) is 30.3. The SMILES string of the molecule is c1ccc(-c2nc(-c3ccccc3)nc(-c3cccc4c3sc3c(-c5cccc6c5oc5c(-c7cccc8c7oc7ccccc78)cccc56)cccc34)n2)cc1. The lowest BCUT2D eigenvalue weighted by molar-refractivity contribution is 0.665. The van der Waals surface area contributed by atoms with Gasteiger partial charge < -0.3 is 8.83 Å². The van der Waals surface area contributed by atoms with Crippen molar-refractivity contribution in [3.05, 3.63) is 176 Å². The third-order valence-electron chi connectivity index (χ3n) is 11.0. The summed E-state index contributed by atoms with van der Waals surface area (Å²) < 4.78 is 15.8. The molecule has 0 saturated heterocycles. The zero-order valence-corrected chi connectivity index (χ0v) is 31.1. The van der Waals surface area contributed by atoms with Crippen LogP contribution in [0.3, 0.4) is 0 Å². The second-order valence-electron chi connectivity index (χ2n) is 14.3. The van der Waals surface area contributed by atoms with Crippen molar-refractivity contribution in [2.24, 2.45) is 0 Å². The first-order valence-corrected chi connectivity index (χ1v) is 19.8. The van der Waals surface area contributed by atoms with Gasteiger partial charge in [-0.05, 0) is 12.1 Å². The van der Waals surface area contributed by atoms with Crippen molar-refractivity contribution >= 4 is 75.4 Å². The average Bonchev–Trinajstić information content (AvgIpc) is 3.98. The monoisotopic (exact) mass is 747 g/mol. The van der Waals surface area contributed by atoms with E-state index in [9.17, 15) is 0 Å². The highest BCUT2D eigenvalue weighted by Gasteiger charge is 2.22. The second-order valence-corrected chi connectivity index (χ2v) is 15.3. The second kappa shape index (κ2) is 12.6. The molecule has 12 rings (SSSR count). The van der Waals surface area contributed by atoms with Crippen molar-refractivity contribution in [3.63, 3.8) is 0 Å². The lowest BCUT2D eigenvalue weighted by Gasteiger charge is -2.09. The maximum absolute atomic E-state index is 7.01. The number of benzene rings is 8. The van der Waals surface area contributed by atoms with E-state index in [1.165, 1.54) is 10.1 Å². The number of hydrogen-bond acceptors (Lipinski definition) is 6. The summed E-state index contributed by atoms with van der Waals surface area (Å²) in [4.78, 5) is 15.1. The molecule has 0 aliphatic heterocycles. The molecular formula is C51H29N3O2S. The molecule has 0 fully saturated rings.